The van der Waals surface area contributed by atoms with Gasteiger partial charge in [0.1, 0.15) is 0 Å². The van der Waals surface area contributed by atoms with Crippen LogP contribution in [0.4, 0.5) is 0 Å². The second kappa shape index (κ2) is 3.84. The van der Waals surface area contributed by atoms with Gasteiger partial charge in [-0.25, -0.2) is 0 Å². The summed E-state index contributed by atoms with van der Waals surface area (Å²) in [7, 11) is 0. The summed E-state index contributed by atoms with van der Waals surface area (Å²) in [5.74, 6) is 2.05. The fourth-order valence-corrected chi connectivity index (χ4v) is 2.89. The van der Waals surface area contributed by atoms with Crippen LogP contribution in [0.1, 0.15) is 32.1 Å². The first-order chi connectivity index (χ1) is 7.42. The van der Waals surface area contributed by atoms with Gasteiger partial charge in [0, 0.05) is 13.0 Å². The average molecular weight is 202 g/mol. The van der Waals surface area contributed by atoms with Gasteiger partial charge in [0.15, 0.2) is 0 Å². The van der Waals surface area contributed by atoms with Gasteiger partial charge in [-0.1, -0.05) is 23.8 Å². The van der Waals surface area contributed by atoms with Crippen molar-refractivity contribution in [1.82, 2.24) is 5.32 Å². The van der Waals surface area contributed by atoms with Gasteiger partial charge in [0.25, 0.3) is 0 Å². The Kier molecular flexibility index (Phi) is 2.35. The van der Waals surface area contributed by atoms with Gasteiger partial charge in [-0.05, 0) is 31.6 Å². The number of hydrogen-bond donors (Lipinski definition) is 1. The maximum atomic E-state index is 4.84. The molecule has 0 aromatic heterocycles. The molecule has 80 valence electrons. The van der Waals surface area contributed by atoms with Gasteiger partial charge < -0.3 is 5.32 Å². The molecule has 1 saturated carbocycles. The molecule has 1 saturated heterocycles. The van der Waals surface area contributed by atoms with Crippen LogP contribution >= 0.6 is 0 Å². The van der Waals surface area contributed by atoms with Crippen molar-refractivity contribution >= 4 is 5.84 Å². The molecular formula is C13H18N2. The first kappa shape index (κ1) is 9.20. The quantitative estimate of drug-likeness (QED) is 0.694. The van der Waals surface area contributed by atoms with E-state index in [0.717, 1.165) is 12.5 Å². The fraction of sp³-hybridized carbons (Fsp3) is 0.615. The molecule has 1 aliphatic heterocycles. The Labute approximate surface area is 91.2 Å². The minimum atomic E-state index is 0.557. The molecule has 0 amide bonds. The highest BCUT2D eigenvalue weighted by Gasteiger charge is 2.29. The number of nitrogens with zero attached hydrogens (tertiary/aromatic N) is 1. The van der Waals surface area contributed by atoms with Crippen molar-refractivity contribution in [1.29, 1.82) is 0 Å². The van der Waals surface area contributed by atoms with E-state index in [9.17, 15) is 0 Å². The summed E-state index contributed by atoms with van der Waals surface area (Å²) < 4.78 is 0. The molecule has 3 rings (SSSR count). The van der Waals surface area contributed by atoms with Gasteiger partial charge >= 0.3 is 0 Å². The van der Waals surface area contributed by atoms with E-state index in [4.69, 9.17) is 4.99 Å². The lowest BCUT2D eigenvalue weighted by atomic mass is 9.95. The third-order valence-electron chi connectivity index (χ3n) is 3.68. The van der Waals surface area contributed by atoms with Crippen LogP contribution in [0.3, 0.4) is 0 Å². The zero-order valence-corrected chi connectivity index (χ0v) is 9.08. The van der Waals surface area contributed by atoms with Crippen molar-refractivity contribution in [2.24, 2.45) is 10.9 Å². The van der Waals surface area contributed by atoms with Crippen LogP contribution in [0.25, 0.3) is 0 Å². The van der Waals surface area contributed by atoms with Gasteiger partial charge in [0.2, 0.25) is 0 Å². The van der Waals surface area contributed by atoms with Crippen LogP contribution in [-0.2, 0) is 0 Å². The number of hydrogen-bond acceptors (Lipinski definition) is 1. The first-order valence-corrected chi connectivity index (χ1v) is 6.08. The largest absolute Gasteiger partial charge is 0.374 e. The number of nitrogens with one attached hydrogen (secondary N) is 1. The first-order valence-electron chi connectivity index (χ1n) is 6.08. The summed E-state index contributed by atoms with van der Waals surface area (Å²) in [5.41, 5.74) is 1.63. The molecule has 1 heterocycles. The fourth-order valence-electron chi connectivity index (χ4n) is 2.89. The van der Waals surface area contributed by atoms with Crippen molar-refractivity contribution < 1.29 is 0 Å². The standard InChI is InChI=1S/C13H18N2/c1-2-5-11-9-12(8-10(11)4-1)15-13-6-3-7-14-13/h1-2,4,11-12H,3,5-9H2,(H,14,15). The van der Waals surface area contributed by atoms with Crippen LogP contribution in [0.15, 0.2) is 28.8 Å². The molecule has 2 aliphatic carbocycles. The predicted octanol–water partition coefficient (Wildman–Crippen LogP) is 2.43. The number of allylic oxidation sites excluding steroid dienone is 3. The topological polar surface area (TPSA) is 24.4 Å². The number of amidine groups is 1. The second-order valence-electron chi connectivity index (χ2n) is 4.80. The van der Waals surface area contributed by atoms with Crippen LogP contribution in [0.5, 0.6) is 0 Å². The molecule has 2 heteroatoms. The third-order valence-corrected chi connectivity index (χ3v) is 3.68. The molecule has 0 aromatic rings. The van der Waals surface area contributed by atoms with E-state index >= 15 is 0 Å². The molecule has 0 radical (unpaired) electrons. The summed E-state index contributed by atoms with van der Waals surface area (Å²) in [6.45, 7) is 1.12. The Balaban J connectivity index is 1.69. The molecule has 2 atom stereocenters. The van der Waals surface area contributed by atoms with Crippen LogP contribution in [-0.4, -0.2) is 18.4 Å². The Hall–Kier alpha value is -1.05. The lowest BCUT2D eigenvalue weighted by Gasteiger charge is -2.11. The lowest BCUT2D eigenvalue weighted by molar-refractivity contribution is 0.589. The molecule has 0 aromatic carbocycles. The smallest absolute Gasteiger partial charge is 0.0967 e. The Bertz CT molecular complexity index is 330. The summed E-state index contributed by atoms with van der Waals surface area (Å²) in [6, 6.07) is 0.557. The van der Waals surface area contributed by atoms with Crippen molar-refractivity contribution in [3.63, 3.8) is 0 Å². The van der Waals surface area contributed by atoms with E-state index in [1.165, 1.54) is 37.9 Å². The second-order valence-corrected chi connectivity index (χ2v) is 4.80. The van der Waals surface area contributed by atoms with Crippen molar-refractivity contribution in [3.8, 4) is 0 Å². The molecule has 2 fully saturated rings. The molecule has 2 nitrogen and oxygen atoms in total. The van der Waals surface area contributed by atoms with Crippen LogP contribution < -0.4 is 5.32 Å². The molecule has 3 aliphatic rings. The highest BCUT2D eigenvalue weighted by atomic mass is 15.0. The van der Waals surface area contributed by atoms with E-state index < -0.39 is 0 Å². The van der Waals surface area contributed by atoms with Gasteiger partial charge in [-0.15, -0.1) is 0 Å². The molecule has 15 heavy (non-hydrogen) atoms. The van der Waals surface area contributed by atoms with Crippen LogP contribution in [0.2, 0.25) is 0 Å². The Morgan fingerprint density at radius 2 is 2.40 bits per heavy atom. The summed E-state index contributed by atoms with van der Waals surface area (Å²) in [6.07, 6.45) is 12.9. The summed E-state index contributed by atoms with van der Waals surface area (Å²) in [5, 5.41) is 3.38. The monoisotopic (exact) mass is 202 g/mol. The predicted molar refractivity (Wildman–Crippen MR) is 63.0 cm³/mol. The average Bonchev–Trinajstić information content (AvgIpc) is 2.86. The highest BCUT2D eigenvalue weighted by molar-refractivity contribution is 5.84. The van der Waals surface area contributed by atoms with Crippen molar-refractivity contribution in [3.05, 3.63) is 23.8 Å². The highest BCUT2D eigenvalue weighted by Crippen LogP contribution is 2.37. The zero-order chi connectivity index (χ0) is 10.1. The van der Waals surface area contributed by atoms with E-state index in [2.05, 4.69) is 23.5 Å². The summed E-state index contributed by atoms with van der Waals surface area (Å²) in [4.78, 5) is 4.84. The van der Waals surface area contributed by atoms with Gasteiger partial charge in [0.05, 0.1) is 11.9 Å². The van der Waals surface area contributed by atoms with Crippen LogP contribution in [0, 0.1) is 5.92 Å². The van der Waals surface area contributed by atoms with Crippen molar-refractivity contribution in [2.45, 2.75) is 38.1 Å². The molecular weight excluding hydrogens is 184 g/mol. The third kappa shape index (κ3) is 1.85. The minimum Gasteiger partial charge on any atom is -0.374 e. The van der Waals surface area contributed by atoms with Crippen molar-refractivity contribution in [2.75, 3.05) is 6.54 Å². The summed E-state index contributed by atoms with van der Waals surface area (Å²) >= 11 is 0. The maximum Gasteiger partial charge on any atom is 0.0967 e. The molecule has 0 bridgehead atoms. The van der Waals surface area contributed by atoms with Gasteiger partial charge in [-0.3, -0.25) is 4.99 Å². The molecule has 2 unspecified atom stereocenters. The number of aliphatic imine (C=N–C) groups is 1. The van der Waals surface area contributed by atoms with E-state index in [-0.39, 0.29) is 0 Å². The maximum absolute atomic E-state index is 4.84. The van der Waals surface area contributed by atoms with E-state index in [1.54, 1.807) is 5.57 Å². The lowest BCUT2D eigenvalue weighted by Crippen LogP contribution is -2.17. The number of rotatable bonds is 1. The number of fused-ring (bicyclic) bond motifs is 1. The Morgan fingerprint density at radius 3 is 3.20 bits per heavy atom. The normalized spacial score (nSPS) is 36.5. The molecule has 1 N–H and O–H groups in total. The molecule has 0 spiro atoms. The van der Waals surface area contributed by atoms with E-state index in [0.29, 0.717) is 6.04 Å². The zero-order valence-electron chi connectivity index (χ0n) is 9.08. The van der Waals surface area contributed by atoms with Gasteiger partial charge in [-0.2, -0.15) is 0 Å². The minimum absolute atomic E-state index is 0.557. The SMILES string of the molecule is C1=CCC2CC(/N=C3/CCCN3)CC2=C1. The van der Waals surface area contributed by atoms with E-state index in [1.807, 2.05) is 0 Å². The Morgan fingerprint density at radius 1 is 1.40 bits per heavy atom.